The lowest BCUT2D eigenvalue weighted by Crippen LogP contribution is -2.15. The van der Waals surface area contributed by atoms with Gasteiger partial charge < -0.3 is 19.9 Å². The maximum absolute atomic E-state index is 11.3. The Labute approximate surface area is 110 Å². The summed E-state index contributed by atoms with van der Waals surface area (Å²) in [7, 11) is 2.87. The fraction of sp³-hybridized carbons (Fsp3) is 0.231. The molecule has 102 valence electrons. The summed E-state index contributed by atoms with van der Waals surface area (Å²) < 4.78 is 10.3. The van der Waals surface area contributed by atoms with Crippen LogP contribution in [-0.4, -0.2) is 31.2 Å². The summed E-state index contributed by atoms with van der Waals surface area (Å²) in [6, 6.07) is 4.87. The van der Waals surface area contributed by atoms with Crippen LogP contribution < -0.4 is 14.8 Å². The van der Waals surface area contributed by atoms with Crippen LogP contribution in [0.3, 0.4) is 0 Å². The van der Waals surface area contributed by atoms with E-state index < -0.39 is 5.97 Å². The van der Waals surface area contributed by atoms with Crippen molar-refractivity contribution in [3.8, 4) is 11.5 Å². The Hall–Kier alpha value is -2.50. The number of carboxylic acid groups (broad SMARTS) is 1. The smallest absolute Gasteiger partial charge is 0.337 e. The summed E-state index contributed by atoms with van der Waals surface area (Å²) in [5.74, 6) is -0.833. The van der Waals surface area contributed by atoms with Crippen molar-refractivity contribution in [2.45, 2.75) is 6.92 Å². The van der Waals surface area contributed by atoms with Crippen molar-refractivity contribution in [2.75, 3.05) is 14.2 Å². The van der Waals surface area contributed by atoms with E-state index in [1.54, 1.807) is 18.2 Å². The molecule has 19 heavy (non-hydrogen) atoms. The number of amides is 1. The molecule has 0 aliphatic heterocycles. The van der Waals surface area contributed by atoms with Gasteiger partial charge in [-0.25, -0.2) is 4.79 Å². The molecule has 0 aliphatic rings. The van der Waals surface area contributed by atoms with Gasteiger partial charge >= 0.3 is 5.97 Å². The first-order valence-electron chi connectivity index (χ1n) is 5.43. The number of hydrogen-bond acceptors (Lipinski definition) is 4. The average molecular weight is 265 g/mol. The molecule has 1 aromatic carbocycles. The number of carbonyl (C=O) groups excluding carboxylic acids is 1. The van der Waals surface area contributed by atoms with Crippen LogP contribution in [0.1, 0.15) is 12.5 Å². The summed E-state index contributed by atoms with van der Waals surface area (Å²) in [6.45, 7) is 1.29. The monoisotopic (exact) mass is 265 g/mol. The Morgan fingerprint density at radius 3 is 2.42 bits per heavy atom. The summed E-state index contributed by atoms with van der Waals surface area (Å²) in [6.07, 6.45) is 1.13. The molecule has 0 aromatic heterocycles. The molecule has 1 aromatic rings. The third-order valence-corrected chi connectivity index (χ3v) is 2.34. The van der Waals surface area contributed by atoms with Crippen LogP contribution in [0.15, 0.2) is 24.4 Å². The molecule has 0 fully saturated rings. The molecule has 0 saturated carbocycles. The minimum Gasteiger partial charge on any atom is -0.493 e. The van der Waals surface area contributed by atoms with Crippen LogP contribution in [0.5, 0.6) is 11.5 Å². The van der Waals surface area contributed by atoms with Crippen molar-refractivity contribution in [1.82, 2.24) is 5.32 Å². The third kappa shape index (κ3) is 3.48. The Morgan fingerprint density at radius 1 is 1.26 bits per heavy atom. The van der Waals surface area contributed by atoms with Crippen LogP contribution in [0.25, 0.3) is 5.57 Å². The van der Waals surface area contributed by atoms with Gasteiger partial charge in [0.05, 0.1) is 19.8 Å². The Bertz CT molecular complexity index is 522. The standard InChI is InChI=1S/C13H15NO5/c1-8(15)14-7-10(13(16)17)9-5-4-6-11(18-2)12(9)19-3/h4-7H,1-3H3,(H,14,15)(H,16,17)/b10-7-. The SMILES string of the molecule is COc1cccc(/C(=C/NC(C)=O)C(=O)O)c1OC. The predicted molar refractivity (Wildman–Crippen MR) is 69.0 cm³/mol. The molecule has 2 N–H and O–H groups in total. The molecule has 6 nitrogen and oxygen atoms in total. The van der Waals surface area contributed by atoms with Gasteiger partial charge in [-0.15, -0.1) is 0 Å². The summed E-state index contributed by atoms with van der Waals surface area (Å²) in [4.78, 5) is 22.1. The first kappa shape index (κ1) is 14.6. The van der Waals surface area contributed by atoms with Gasteiger partial charge in [0.15, 0.2) is 11.5 Å². The number of methoxy groups -OCH3 is 2. The van der Waals surface area contributed by atoms with Gasteiger partial charge in [-0.1, -0.05) is 12.1 Å². The average Bonchev–Trinajstić information content (AvgIpc) is 2.37. The lowest BCUT2D eigenvalue weighted by Gasteiger charge is -2.13. The molecule has 0 atom stereocenters. The highest BCUT2D eigenvalue weighted by Gasteiger charge is 2.18. The van der Waals surface area contributed by atoms with E-state index in [0.717, 1.165) is 6.20 Å². The fourth-order valence-corrected chi connectivity index (χ4v) is 1.53. The lowest BCUT2D eigenvalue weighted by atomic mass is 10.1. The molecule has 1 rings (SSSR count). The van der Waals surface area contributed by atoms with Crippen LogP contribution in [0.2, 0.25) is 0 Å². The van der Waals surface area contributed by atoms with E-state index in [9.17, 15) is 14.7 Å². The van der Waals surface area contributed by atoms with E-state index in [1.165, 1.54) is 21.1 Å². The first-order valence-corrected chi connectivity index (χ1v) is 5.43. The zero-order valence-electron chi connectivity index (χ0n) is 10.9. The number of hydrogen-bond donors (Lipinski definition) is 2. The summed E-state index contributed by atoms with van der Waals surface area (Å²) >= 11 is 0. The molecule has 6 heteroatoms. The summed E-state index contributed by atoms with van der Waals surface area (Å²) in [5, 5.41) is 11.5. The molecule has 0 saturated heterocycles. The minimum absolute atomic E-state index is 0.0917. The van der Waals surface area contributed by atoms with Crippen LogP contribution in [-0.2, 0) is 9.59 Å². The molecule has 0 aliphatic carbocycles. The summed E-state index contributed by atoms with van der Waals surface area (Å²) in [5.41, 5.74) is 0.231. The quantitative estimate of drug-likeness (QED) is 0.783. The van der Waals surface area contributed by atoms with Gasteiger partial charge in [-0.2, -0.15) is 0 Å². The van der Waals surface area contributed by atoms with Crippen LogP contribution >= 0.6 is 0 Å². The minimum atomic E-state index is -1.18. The normalized spacial score (nSPS) is 10.8. The number of nitrogens with one attached hydrogen (secondary N) is 1. The molecule has 0 heterocycles. The van der Waals surface area contributed by atoms with Gasteiger partial charge in [0.25, 0.3) is 0 Å². The maximum atomic E-state index is 11.3. The van der Waals surface area contributed by atoms with E-state index >= 15 is 0 Å². The van der Waals surface area contributed by atoms with Crippen molar-refractivity contribution in [1.29, 1.82) is 0 Å². The van der Waals surface area contributed by atoms with Crippen LogP contribution in [0.4, 0.5) is 0 Å². The number of ether oxygens (including phenoxy) is 2. The second-order valence-electron chi connectivity index (χ2n) is 3.60. The fourth-order valence-electron chi connectivity index (χ4n) is 1.53. The van der Waals surface area contributed by atoms with Gasteiger partial charge in [0, 0.05) is 18.7 Å². The van der Waals surface area contributed by atoms with E-state index in [-0.39, 0.29) is 11.5 Å². The zero-order valence-corrected chi connectivity index (χ0v) is 10.9. The van der Waals surface area contributed by atoms with Crippen molar-refractivity contribution in [3.05, 3.63) is 30.0 Å². The van der Waals surface area contributed by atoms with Crippen molar-refractivity contribution < 1.29 is 24.2 Å². The second kappa shape index (κ2) is 6.44. The first-order chi connectivity index (χ1) is 9.01. The van der Waals surface area contributed by atoms with Crippen molar-refractivity contribution >= 4 is 17.4 Å². The van der Waals surface area contributed by atoms with Crippen molar-refractivity contribution in [2.24, 2.45) is 0 Å². The highest BCUT2D eigenvalue weighted by atomic mass is 16.5. The molecular formula is C13H15NO5. The number of benzene rings is 1. The van der Waals surface area contributed by atoms with Gasteiger partial charge in [-0.05, 0) is 6.07 Å². The largest absolute Gasteiger partial charge is 0.493 e. The molecular weight excluding hydrogens is 250 g/mol. The number of carbonyl (C=O) groups is 2. The third-order valence-electron chi connectivity index (χ3n) is 2.34. The van der Waals surface area contributed by atoms with E-state index in [1.807, 2.05) is 0 Å². The van der Waals surface area contributed by atoms with Gasteiger partial charge in [-0.3, -0.25) is 4.79 Å². The number of carboxylic acids is 1. The van der Waals surface area contributed by atoms with E-state index in [2.05, 4.69) is 5.32 Å². The Kier molecular flexibility index (Phi) is 4.93. The molecule has 1 amide bonds. The van der Waals surface area contributed by atoms with Gasteiger partial charge in [0.1, 0.15) is 0 Å². The topological polar surface area (TPSA) is 84.9 Å². The highest BCUT2D eigenvalue weighted by molar-refractivity contribution is 6.16. The molecule has 0 spiro atoms. The lowest BCUT2D eigenvalue weighted by molar-refractivity contribution is -0.130. The Morgan fingerprint density at radius 2 is 1.95 bits per heavy atom. The second-order valence-corrected chi connectivity index (χ2v) is 3.60. The van der Waals surface area contributed by atoms with Crippen molar-refractivity contribution in [3.63, 3.8) is 0 Å². The number of aliphatic carboxylic acids is 1. The zero-order chi connectivity index (χ0) is 14.4. The molecule has 0 unspecified atom stereocenters. The predicted octanol–water partition coefficient (Wildman–Crippen LogP) is 1.27. The molecule has 0 radical (unpaired) electrons. The van der Waals surface area contributed by atoms with E-state index in [4.69, 9.17) is 9.47 Å². The maximum Gasteiger partial charge on any atom is 0.337 e. The number of rotatable bonds is 5. The number of para-hydroxylation sites is 1. The Balaban J connectivity index is 3.34. The molecule has 0 bridgehead atoms. The van der Waals surface area contributed by atoms with E-state index in [0.29, 0.717) is 17.1 Å². The van der Waals surface area contributed by atoms with Gasteiger partial charge in [0.2, 0.25) is 5.91 Å². The highest BCUT2D eigenvalue weighted by Crippen LogP contribution is 2.34. The van der Waals surface area contributed by atoms with Crippen LogP contribution in [0, 0.1) is 0 Å².